The molecule has 0 unspecified atom stereocenters. The van der Waals surface area contributed by atoms with E-state index in [2.05, 4.69) is 9.97 Å². The highest BCUT2D eigenvalue weighted by Crippen LogP contribution is 2.24. The van der Waals surface area contributed by atoms with Gasteiger partial charge in [0.1, 0.15) is 4.99 Å². The highest BCUT2D eigenvalue weighted by atomic mass is 35.5. The van der Waals surface area contributed by atoms with E-state index in [0.29, 0.717) is 10.8 Å². The Morgan fingerprint density at radius 2 is 2.05 bits per heavy atom. The fraction of sp³-hybridized carbons (Fsp3) is 0. The standard InChI is InChI=1S/C13H9ClN4S/c14-8-1-2-9-10(7-8)16-4-3-11(9)18-6-5-17-13(18)12(15)19/h1-7H,(H2,15,19). The first-order chi connectivity index (χ1) is 9.16. The summed E-state index contributed by atoms with van der Waals surface area (Å²) in [6.07, 6.45) is 5.20. The zero-order valence-electron chi connectivity index (χ0n) is 9.75. The number of thiocarbonyl (C=S) groups is 1. The van der Waals surface area contributed by atoms with Gasteiger partial charge < -0.3 is 5.73 Å². The Morgan fingerprint density at radius 3 is 2.84 bits per heavy atom. The lowest BCUT2D eigenvalue weighted by Gasteiger charge is -2.09. The zero-order valence-corrected chi connectivity index (χ0v) is 11.3. The molecule has 6 heteroatoms. The summed E-state index contributed by atoms with van der Waals surface area (Å²) in [5.41, 5.74) is 7.41. The first kappa shape index (κ1) is 12.1. The maximum absolute atomic E-state index is 5.98. The van der Waals surface area contributed by atoms with Crippen LogP contribution in [0.1, 0.15) is 5.82 Å². The topological polar surface area (TPSA) is 56.7 Å². The highest BCUT2D eigenvalue weighted by molar-refractivity contribution is 7.80. The van der Waals surface area contributed by atoms with Gasteiger partial charge in [-0.05, 0) is 24.3 Å². The normalized spacial score (nSPS) is 10.8. The molecule has 3 aromatic rings. The summed E-state index contributed by atoms with van der Waals surface area (Å²) in [4.78, 5) is 8.73. The number of imidazole rings is 1. The van der Waals surface area contributed by atoms with Crippen LogP contribution in [0.5, 0.6) is 0 Å². The molecular weight excluding hydrogens is 280 g/mol. The van der Waals surface area contributed by atoms with Gasteiger partial charge in [0, 0.05) is 29.0 Å². The minimum absolute atomic E-state index is 0.254. The van der Waals surface area contributed by atoms with Gasteiger partial charge in [0.25, 0.3) is 0 Å². The van der Waals surface area contributed by atoms with E-state index in [4.69, 9.17) is 29.6 Å². The number of benzene rings is 1. The van der Waals surface area contributed by atoms with Crippen LogP contribution in [0.3, 0.4) is 0 Å². The van der Waals surface area contributed by atoms with Gasteiger partial charge in [-0.15, -0.1) is 0 Å². The predicted octanol–water partition coefficient (Wildman–Crippen LogP) is 2.71. The molecule has 0 aliphatic rings. The molecule has 19 heavy (non-hydrogen) atoms. The molecule has 0 spiro atoms. The van der Waals surface area contributed by atoms with Crippen LogP contribution in [0.25, 0.3) is 16.6 Å². The lowest BCUT2D eigenvalue weighted by molar-refractivity contribution is 1.04. The van der Waals surface area contributed by atoms with Crippen LogP contribution >= 0.6 is 23.8 Å². The molecule has 0 saturated carbocycles. The van der Waals surface area contributed by atoms with Gasteiger partial charge in [0.05, 0.1) is 11.2 Å². The van der Waals surface area contributed by atoms with Gasteiger partial charge in [-0.2, -0.15) is 0 Å². The van der Waals surface area contributed by atoms with Crippen molar-refractivity contribution >= 4 is 39.7 Å². The first-order valence-corrected chi connectivity index (χ1v) is 6.33. The summed E-state index contributed by atoms with van der Waals surface area (Å²) in [5.74, 6) is 0.553. The minimum atomic E-state index is 0.254. The predicted molar refractivity (Wildman–Crippen MR) is 79.8 cm³/mol. The van der Waals surface area contributed by atoms with E-state index in [1.165, 1.54) is 0 Å². The average Bonchev–Trinajstić information content (AvgIpc) is 2.86. The number of rotatable bonds is 2. The number of hydrogen-bond acceptors (Lipinski definition) is 3. The molecule has 3 rings (SSSR count). The van der Waals surface area contributed by atoms with Crippen LogP contribution in [0.4, 0.5) is 0 Å². The van der Waals surface area contributed by atoms with Crippen molar-refractivity contribution in [3.05, 3.63) is 53.7 Å². The van der Waals surface area contributed by atoms with Gasteiger partial charge in [0.2, 0.25) is 0 Å². The Balaban J connectivity index is 2.31. The van der Waals surface area contributed by atoms with Crippen molar-refractivity contribution in [2.75, 3.05) is 0 Å². The molecule has 2 heterocycles. The van der Waals surface area contributed by atoms with E-state index in [-0.39, 0.29) is 4.99 Å². The molecule has 0 amide bonds. The van der Waals surface area contributed by atoms with Crippen LogP contribution in [0.15, 0.2) is 42.9 Å². The maximum Gasteiger partial charge on any atom is 0.172 e. The molecule has 0 aliphatic carbocycles. The van der Waals surface area contributed by atoms with Crippen LogP contribution in [0.2, 0.25) is 5.02 Å². The molecule has 1 aromatic carbocycles. The van der Waals surface area contributed by atoms with E-state index in [1.54, 1.807) is 12.4 Å². The maximum atomic E-state index is 5.98. The van der Waals surface area contributed by atoms with Crippen LogP contribution in [-0.2, 0) is 0 Å². The van der Waals surface area contributed by atoms with E-state index in [0.717, 1.165) is 16.6 Å². The lowest BCUT2D eigenvalue weighted by atomic mass is 10.2. The summed E-state index contributed by atoms with van der Waals surface area (Å²) in [6.45, 7) is 0. The van der Waals surface area contributed by atoms with E-state index in [9.17, 15) is 0 Å². The molecule has 94 valence electrons. The third kappa shape index (κ3) is 2.07. The number of fused-ring (bicyclic) bond motifs is 1. The zero-order chi connectivity index (χ0) is 13.4. The Hall–Kier alpha value is -1.98. The molecule has 4 nitrogen and oxygen atoms in total. The van der Waals surface area contributed by atoms with E-state index < -0.39 is 0 Å². The van der Waals surface area contributed by atoms with E-state index >= 15 is 0 Å². The quantitative estimate of drug-likeness (QED) is 0.737. The molecular formula is C13H9ClN4S. The van der Waals surface area contributed by atoms with Gasteiger partial charge in [-0.3, -0.25) is 9.55 Å². The van der Waals surface area contributed by atoms with Gasteiger partial charge in [-0.25, -0.2) is 4.98 Å². The lowest BCUT2D eigenvalue weighted by Crippen LogP contribution is -2.16. The fourth-order valence-corrected chi connectivity index (χ4v) is 2.31. The molecule has 0 aliphatic heterocycles. The van der Waals surface area contributed by atoms with E-state index in [1.807, 2.05) is 35.0 Å². The highest BCUT2D eigenvalue weighted by Gasteiger charge is 2.10. The van der Waals surface area contributed by atoms with Gasteiger partial charge in [0.15, 0.2) is 5.82 Å². The molecule has 0 radical (unpaired) electrons. The van der Waals surface area contributed by atoms with Crippen molar-refractivity contribution in [1.29, 1.82) is 0 Å². The van der Waals surface area contributed by atoms with Gasteiger partial charge >= 0.3 is 0 Å². The molecule has 2 aromatic heterocycles. The SMILES string of the molecule is NC(=S)c1nccn1-c1ccnc2cc(Cl)ccc12. The van der Waals surface area contributed by atoms with Crippen molar-refractivity contribution in [1.82, 2.24) is 14.5 Å². The molecule has 0 saturated heterocycles. The van der Waals surface area contributed by atoms with Crippen molar-refractivity contribution in [3.8, 4) is 5.69 Å². The summed E-state index contributed by atoms with van der Waals surface area (Å²) >= 11 is 11.0. The molecule has 2 N–H and O–H groups in total. The number of halogens is 1. The largest absolute Gasteiger partial charge is 0.387 e. The Kier molecular flexibility index (Phi) is 2.93. The molecule has 0 fully saturated rings. The molecule has 0 atom stereocenters. The second-order valence-electron chi connectivity index (χ2n) is 3.98. The van der Waals surface area contributed by atoms with Crippen molar-refractivity contribution in [2.24, 2.45) is 5.73 Å². The Labute approximate surface area is 119 Å². The van der Waals surface area contributed by atoms with Crippen LogP contribution < -0.4 is 5.73 Å². The fourth-order valence-electron chi connectivity index (χ4n) is 2.00. The van der Waals surface area contributed by atoms with Crippen LogP contribution in [-0.4, -0.2) is 19.5 Å². The van der Waals surface area contributed by atoms with Crippen molar-refractivity contribution in [3.63, 3.8) is 0 Å². The smallest absolute Gasteiger partial charge is 0.172 e. The summed E-state index contributed by atoms with van der Waals surface area (Å²) in [7, 11) is 0. The Morgan fingerprint density at radius 1 is 1.21 bits per heavy atom. The number of aromatic nitrogens is 3. The van der Waals surface area contributed by atoms with Gasteiger partial charge in [-0.1, -0.05) is 23.8 Å². The van der Waals surface area contributed by atoms with Crippen molar-refractivity contribution < 1.29 is 0 Å². The first-order valence-electron chi connectivity index (χ1n) is 5.54. The third-order valence-corrected chi connectivity index (χ3v) is 3.22. The Bertz CT molecular complexity index is 781. The minimum Gasteiger partial charge on any atom is -0.387 e. The average molecular weight is 289 g/mol. The number of hydrogen-bond donors (Lipinski definition) is 1. The molecule has 0 bridgehead atoms. The summed E-state index contributed by atoms with van der Waals surface area (Å²) in [6, 6.07) is 7.45. The number of nitrogens with two attached hydrogens (primary N) is 1. The second-order valence-corrected chi connectivity index (χ2v) is 4.85. The summed E-state index contributed by atoms with van der Waals surface area (Å²) < 4.78 is 1.85. The number of pyridine rings is 1. The number of nitrogens with zero attached hydrogens (tertiary/aromatic N) is 3. The monoisotopic (exact) mass is 288 g/mol. The van der Waals surface area contributed by atoms with Crippen molar-refractivity contribution in [2.45, 2.75) is 0 Å². The second kappa shape index (κ2) is 4.60. The summed E-state index contributed by atoms with van der Waals surface area (Å²) in [5, 5.41) is 1.61. The third-order valence-electron chi connectivity index (χ3n) is 2.80. The van der Waals surface area contributed by atoms with Crippen LogP contribution in [0, 0.1) is 0 Å².